The molecule has 6 nitrogen and oxygen atoms in total. The van der Waals surface area contributed by atoms with Crippen LogP contribution in [0.3, 0.4) is 0 Å². The zero-order valence-electron chi connectivity index (χ0n) is 19.7. The van der Waals surface area contributed by atoms with Crippen LogP contribution in [0.2, 0.25) is 0 Å². The van der Waals surface area contributed by atoms with Crippen molar-refractivity contribution < 1.29 is 14.0 Å². The van der Waals surface area contributed by atoms with Crippen molar-refractivity contribution in [2.24, 2.45) is 0 Å². The van der Waals surface area contributed by atoms with Crippen molar-refractivity contribution in [3.63, 3.8) is 0 Å². The quantitative estimate of drug-likeness (QED) is 0.392. The van der Waals surface area contributed by atoms with E-state index in [9.17, 15) is 14.0 Å². The van der Waals surface area contributed by atoms with Crippen molar-refractivity contribution in [1.82, 2.24) is 10.3 Å². The van der Waals surface area contributed by atoms with Gasteiger partial charge in [0, 0.05) is 28.2 Å². The Morgan fingerprint density at radius 2 is 1.97 bits per heavy atom. The first-order valence-electron chi connectivity index (χ1n) is 11.4. The first-order chi connectivity index (χ1) is 16.8. The van der Waals surface area contributed by atoms with E-state index in [1.807, 2.05) is 20.8 Å². The maximum Gasteiger partial charge on any atom is 0.251 e. The van der Waals surface area contributed by atoms with E-state index in [4.69, 9.17) is 0 Å². The Bertz CT molecular complexity index is 1440. The molecule has 5 rings (SSSR count). The summed E-state index contributed by atoms with van der Waals surface area (Å²) in [6.07, 6.45) is 1.62. The lowest BCUT2D eigenvalue weighted by atomic mass is 9.64. The summed E-state index contributed by atoms with van der Waals surface area (Å²) >= 11 is 0. The van der Waals surface area contributed by atoms with Crippen molar-refractivity contribution in [2.75, 3.05) is 10.6 Å². The Labute approximate surface area is 203 Å². The molecule has 3 atom stereocenters. The molecule has 0 bridgehead atoms. The molecule has 1 spiro atoms. The number of rotatable bonds is 6. The topological polar surface area (TPSA) is 86.0 Å². The molecule has 2 amide bonds. The highest BCUT2D eigenvalue weighted by atomic mass is 19.1. The summed E-state index contributed by atoms with van der Waals surface area (Å²) in [4.78, 5) is 29.7. The van der Waals surface area contributed by atoms with Crippen molar-refractivity contribution >= 4 is 23.2 Å². The summed E-state index contributed by atoms with van der Waals surface area (Å²) in [5.74, 6) is 5.10. The summed E-state index contributed by atoms with van der Waals surface area (Å²) < 4.78 is 13.2. The average molecular weight is 469 g/mol. The highest BCUT2D eigenvalue weighted by Crippen LogP contribution is 2.52. The van der Waals surface area contributed by atoms with Gasteiger partial charge in [0.05, 0.1) is 17.6 Å². The second-order valence-electron chi connectivity index (χ2n) is 8.98. The molecule has 1 aliphatic carbocycles. The number of aromatic nitrogens is 1. The second-order valence-corrected chi connectivity index (χ2v) is 8.98. The van der Waals surface area contributed by atoms with Crippen LogP contribution >= 0.6 is 0 Å². The van der Waals surface area contributed by atoms with Crippen LogP contribution in [-0.4, -0.2) is 16.8 Å². The van der Waals surface area contributed by atoms with Crippen LogP contribution in [-0.2, 0) is 10.2 Å². The van der Waals surface area contributed by atoms with E-state index >= 15 is 0 Å². The van der Waals surface area contributed by atoms with Crippen molar-refractivity contribution in [3.05, 3.63) is 94.7 Å². The Morgan fingerprint density at radius 3 is 2.63 bits per heavy atom. The molecular weight excluding hydrogens is 443 g/mol. The Kier molecular flexibility index (Phi) is 5.25. The Hall–Kier alpha value is -4.31. The summed E-state index contributed by atoms with van der Waals surface area (Å²) in [7, 11) is 0. The fraction of sp³-hybridized carbons (Fsp3) is 0.214. The van der Waals surface area contributed by atoms with E-state index in [0.717, 1.165) is 28.2 Å². The third-order valence-electron chi connectivity index (χ3n) is 6.89. The standard InChI is InChI=1S/C28H25FN4O2/c1-5-30-24-15(2)25(31-17(24)4)21-12-13-28(21)22-14-19(8-11-23(22)33-27(28)35)26(34)32-16(3)18-6-9-20(29)10-7-18/h5-11,14,16,21,30-31H,1H2,2-4H3,(H,32,34)(H,33,35). The van der Waals surface area contributed by atoms with Crippen molar-refractivity contribution in [3.8, 4) is 11.8 Å². The van der Waals surface area contributed by atoms with Crippen molar-refractivity contribution in [2.45, 2.75) is 38.1 Å². The van der Waals surface area contributed by atoms with Gasteiger partial charge in [-0.1, -0.05) is 30.6 Å². The van der Waals surface area contributed by atoms with Gasteiger partial charge in [-0.2, -0.15) is 0 Å². The lowest BCUT2D eigenvalue weighted by molar-refractivity contribution is -0.119. The number of hydrogen-bond donors (Lipinski definition) is 4. The summed E-state index contributed by atoms with van der Waals surface area (Å²) in [6.45, 7) is 9.51. The predicted molar refractivity (Wildman–Crippen MR) is 134 cm³/mol. The molecule has 2 heterocycles. The maximum absolute atomic E-state index is 13.2. The number of anilines is 2. The van der Waals surface area contributed by atoms with Crippen molar-refractivity contribution in [1.29, 1.82) is 0 Å². The van der Waals surface area contributed by atoms with Gasteiger partial charge in [-0.05, 0) is 68.4 Å². The minimum Gasteiger partial charge on any atom is -0.361 e. The van der Waals surface area contributed by atoms with Crippen LogP contribution in [0.4, 0.5) is 15.8 Å². The third-order valence-corrected chi connectivity index (χ3v) is 6.89. The minimum absolute atomic E-state index is 0.196. The molecule has 1 aromatic heterocycles. The zero-order valence-corrected chi connectivity index (χ0v) is 19.7. The predicted octanol–water partition coefficient (Wildman–Crippen LogP) is 4.81. The molecule has 3 unspecified atom stereocenters. The highest BCUT2D eigenvalue weighted by molar-refractivity contribution is 6.12. The van der Waals surface area contributed by atoms with E-state index in [1.165, 1.54) is 12.1 Å². The number of fused-ring (bicyclic) bond motifs is 2. The molecule has 0 saturated heterocycles. The second kappa shape index (κ2) is 8.17. The largest absolute Gasteiger partial charge is 0.361 e. The number of benzene rings is 2. The summed E-state index contributed by atoms with van der Waals surface area (Å²) in [6, 6.07) is 10.9. The molecule has 3 aromatic rings. The highest BCUT2D eigenvalue weighted by Gasteiger charge is 2.56. The Balaban J connectivity index is 1.47. The third kappa shape index (κ3) is 3.41. The van der Waals surface area contributed by atoms with Gasteiger partial charge in [0.25, 0.3) is 5.91 Å². The number of hydrogen-bond acceptors (Lipinski definition) is 3. The molecule has 1 aliphatic heterocycles. The molecule has 2 aromatic carbocycles. The fourth-order valence-electron chi connectivity index (χ4n) is 4.95. The van der Waals surface area contributed by atoms with Crippen LogP contribution < -0.4 is 16.0 Å². The van der Waals surface area contributed by atoms with Crippen LogP contribution in [0.5, 0.6) is 0 Å². The van der Waals surface area contributed by atoms with E-state index in [0.29, 0.717) is 16.8 Å². The van der Waals surface area contributed by atoms with E-state index in [1.54, 1.807) is 36.5 Å². The Morgan fingerprint density at radius 1 is 1.23 bits per heavy atom. The van der Waals surface area contributed by atoms with Gasteiger partial charge in [0.1, 0.15) is 5.82 Å². The van der Waals surface area contributed by atoms with Gasteiger partial charge >= 0.3 is 0 Å². The normalized spacial score (nSPS) is 20.2. The molecule has 2 aliphatic rings. The molecule has 0 saturated carbocycles. The monoisotopic (exact) mass is 468 g/mol. The number of nitrogens with one attached hydrogen (secondary N) is 4. The smallest absolute Gasteiger partial charge is 0.251 e. The van der Waals surface area contributed by atoms with Crippen LogP contribution in [0.15, 0.2) is 55.2 Å². The average Bonchev–Trinajstić information content (AvgIpc) is 3.27. The fourth-order valence-corrected chi connectivity index (χ4v) is 4.95. The number of amides is 2. The number of H-pyrrole nitrogens is 1. The number of carbonyl (C=O) groups excluding carboxylic acids is 2. The lowest BCUT2D eigenvalue weighted by Gasteiger charge is -2.34. The summed E-state index contributed by atoms with van der Waals surface area (Å²) in [5.41, 5.74) is 5.19. The number of aromatic amines is 1. The van der Waals surface area contributed by atoms with Crippen LogP contribution in [0.25, 0.3) is 0 Å². The molecule has 176 valence electrons. The number of halogens is 1. The van der Waals surface area contributed by atoms with Crippen LogP contribution in [0.1, 0.15) is 57.3 Å². The lowest BCUT2D eigenvalue weighted by Crippen LogP contribution is -2.44. The van der Waals surface area contributed by atoms with E-state index < -0.39 is 5.41 Å². The first-order valence-corrected chi connectivity index (χ1v) is 11.4. The van der Waals surface area contributed by atoms with Gasteiger partial charge in [-0.25, -0.2) is 4.39 Å². The minimum atomic E-state index is -1.07. The van der Waals surface area contributed by atoms with E-state index in [-0.39, 0.29) is 29.6 Å². The number of aryl methyl sites for hydroxylation is 1. The van der Waals surface area contributed by atoms with Crippen LogP contribution in [0, 0.1) is 31.5 Å². The molecule has 0 radical (unpaired) electrons. The van der Waals surface area contributed by atoms with Gasteiger partial charge in [-0.3, -0.25) is 9.59 Å². The molecule has 35 heavy (non-hydrogen) atoms. The first kappa shape index (κ1) is 22.5. The van der Waals surface area contributed by atoms with Gasteiger partial charge in [-0.15, -0.1) is 0 Å². The van der Waals surface area contributed by atoms with E-state index in [2.05, 4.69) is 39.4 Å². The van der Waals surface area contributed by atoms with Gasteiger partial charge in [0.2, 0.25) is 5.91 Å². The molecular formula is C28H25FN4O2. The number of carbonyl (C=O) groups is 2. The molecule has 0 fully saturated rings. The maximum atomic E-state index is 13.2. The molecule has 7 heteroatoms. The summed E-state index contributed by atoms with van der Waals surface area (Å²) in [5, 5.41) is 9.03. The molecule has 4 N–H and O–H groups in total. The van der Waals surface area contributed by atoms with Gasteiger partial charge in [0.15, 0.2) is 5.41 Å². The van der Waals surface area contributed by atoms with Gasteiger partial charge < -0.3 is 20.9 Å². The SMILES string of the molecule is C=CNc1c(C)[nH]c(C2C#CC23C(=O)Nc2ccc(C(=O)NC(C)c4ccc(F)cc4)cc23)c1C. The zero-order chi connectivity index (χ0) is 24.9.